The molecule has 6 heteroatoms. The molecule has 0 aliphatic carbocycles. The van der Waals surface area contributed by atoms with E-state index in [2.05, 4.69) is 20.5 Å². The highest BCUT2D eigenvalue weighted by molar-refractivity contribution is 5.76. The number of aliphatic hydroxyl groups is 1. The molecule has 0 spiro atoms. The van der Waals surface area contributed by atoms with E-state index in [1.165, 1.54) is 6.33 Å². The Morgan fingerprint density at radius 2 is 2.57 bits per heavy atom. The second-order valence-electron chi connectivity index (χ2n) is 2.99. The summed E-state index contributed by atoms with van der Waals surface area (Å²) in [5.41, 5.74) is 0. The van der Waals surface area contributed by atoms with E-state index in [1.54, 1.807) is 0 Å². The molecule has 1 atom stereocenters. The molecule has 1 amide bonds. The topological polar surface area (TPSA) is 90.9 Å². The van der Waals surface area contributed by atoms with Crippen LogP contribution >= 0.6 is 0 Å². The van der Waals surface area contributed by atoms with Gasteiger partial charge in [-0.05, 0) is 13.3 Å². The van der Waals surface area contributed by atoms with E-state index in [4.69, 9.17) is 5.11 Å². The lowest BCUT2D eigenvalue weighted by atomic mass is 10.2. The Balaban J connectivity index is 2.33. The van der Waals surface area contributed by atoms with Gasteiger partial charge in [-0.25, -0.2) is 4.98 Å². The molecule has 0 bridgehead atoms. The van der Waals surface area contributed by atoms with Crippen LogP contribution in [0.4, 0.5) is 0 Å². The number of nitrogens with one attached hydrogen (secondary N) is 2. The second-order valence-corrected chi connectivity index (χ2v) is 2.99. The number of nitrogens with zero attached hydrogens (tertiary/aromatic N) is 2. The van der Waals surface area contributed by atoms with Crippen molar-refractivity contribution in [3.63, 3.8) is 0 Å². The summed E-state index contributed by atoms with van der Waals surface area (Å²) in [5.74, 6) is 0.533. The van der Waals surface area contributed by atoms with Crippen LogP contribution < -0.4 is 5.32 Å². The fourth-order valence-electron chi connectivity index (χ4n) is 1.05. The minimum atomic E-state index is -0.177. The summed E-state index contributed by atoms with van der Waals surface area (Å²) in [6.45, 7) is 1.85. The Morgan fingerprint density at radius 1 is 1.79 bits per heavy atom. The molecule has 1 aromatic heterocycles. The third-order valence-electron chi connectivity index (χ3n) is 1.78. The zero-order valence-electron chi connectivity index (χ0n) is 8.03. The van der Waals surface area contributed by atoms with Crippen LogP contribution in [0, 0.1) is 0 Å². The molecule has 6 nitrogen and oxygen atoms in total. The van der Waals surface area contributed by atoms with E-state index in [0.29, 0.717) is 18.7 Å². The lowest BCUT2D eigenvalue weighted by Crippen LogP contribution is -2.27. The van der Waals surface area contributed by atoms with Gasteiger partial charge in [0.1, 0.15) is 12.2 Å². The fraction of sp³-hybridized carbons (Fsp3) is 0.625. The number of amides is 1. The highest BCUT2D eigenvalue weighted by Gasteiger charge is 2.10. The first kappa shape index (κ1) is 10.6. The van der Waals surface area contributed by atoms with Crippen molar-refractivity contribution in [2.45, 2.75) is 25.8 Å². The van der Waals surface area contributed by atoms with Crippen molar-refractivity contribution in [1.29, 1.82) is 0 Å². The van der Waals surface area contributed by atoms with Crippen molar-refractivity contribution in [3.05, 3.63) is 12.2 Å². The number of aliphatic hydroxyl groups excluding tert-OH is 1. The third-order valence-corrected chi connectivity index (χ3v) is 1.78. The van der Waals surface area contributed by atoms with E-state index < -0.39 is 0 Å². The van der Waals surface area contributed by atoms with Gasteiger partial charge in [-0.15, -0.1) is 0 Å². The van der Waals surface area contributed by atoms with Crippen LogP contribution in [0.1, 0.15) is 31.6 Å². The van der Waals surface area contributed by atoms with Crippen molar-refractivity contribution in [2.75, 3.05) is 6.61 Å². The number of hydrogen-bond donors (Lipinski definition) is 3. The first-order chi connectivity index (χ1) is 6.74. The van der Waals surface area contributed by atoms with Gasteiger partial charge >= 0.3 is 0 Å². The van der Waals surface area contributed by atoms with Gasteiger partial charge in [0.15, 0.2) is 0 Å². The average molecular weight is 198 g/mol. The van der Waals surface area contributed by atoms with Crippen LogP contribution in [0.5, 0.6) is 0 Å². The largest absolute Gasteiger partial charge is 0.396 e. The summed E-state index contributed by atoms with van der Waals surface area (Å²) in [4.78, 5) is 15.1. The van der Waals surface area contributed by atoms with E-state index >= 15 is 0 Å². The van der Waals surface area contributed by atoms with E-state index in [-0.39, 0.29) is 18.6 Å². The minimum Gasteiger partial charge on any atom is -0.396 e. The number of rotatable bonds is 5. The number of aromatic nitrogens is 3. The van der Waals surface area contributed by atoms with Crippen molar-refractivity contribution < 1.29 is 9.90 Å². The smallest absolute Gasteiger partial charge is 0.220 e. The summed E-state index contributed by atoms with van der Waals surface area (Å²) in [5, 5.41) is 17.6. The fourth-order valence-corrected chi connectivity index (χ4v) is 1.05. The highest BCUT2D eigenvalue weighted by atomic mass is 16.3. The summed E-state index contributed by atoms with van der Waals surface area (Å²) < 4.78 is 0. The van der Waals surface area contributed by atoms with Crippen LogP contribution in [0.15, 0.2) is 6.33 Å². The number of H-pyrrole nitrogens is 1. The molecule has 1 rings (SSSR count). The maximum absolute atomic E-state index is 11.2. The Bertz CT molecular complexity index is 273. The maximum Gasteiger partial charge on any atom is 0.220 e. The normalized spacial score (nSPS) is 12.4. The number of carbonyl (C=O) groups is 1. The van der Waals surface area contributed by atoms with Crippen LogP contribution in [0.2, 0.25) is 0 Å². The van der Waals surface area contributed by atoms with Crippen LogP contribution in [-0.4, -0.2) is 32.8 Å². The summed E-state index contributed by atoms with van der Waals surface area (Å²) in [6, 6.07) is -0.177. The van der Waals surface area contributed by atoms with Crippen LogP contribution in [0.3, 0.4) is 0 Å². The summed E-state index contributed by atoms with van der Waals surface area (Å²) in [6.07, 6.45) is 2.20. The first-order valence-electron chi connectivity index (χ1n) is 4.49. The molecule has 0 saturated carbocycles. The van der Waals surface area contributed by atoms with Gasteiger partial charge in [0.2, 0.25) is 5.91 Å². The van der Waals surface area contributed by atoms with Crippen LogP contribution in [0.25, 0.3) is 0 Å². The van der Waals surface area contributed by atoms with Crippen molar-refractivity contribution in [2.24, 2.45) is 0 Å². The molecule has 0 fully saturated rings. The highest BCUT2D eigenvalue weighted by Crippen LogP contribution is 2.04. The van der Waals surface area contributed by atoms with Gasteiger partial charge in [0, 0.05) is 13.0 Å². The van der Waals surface area contributed by atoms with Crippen molar-refractivity contribution in [3.8, 4) is 0 Å². The molecule has 78 valence electrons. The third kappa shape index (κ3) is 3.14. The molecular formula is C8H14N4O2. The van der Waals surface area contributed by atoms with Gasteiger partial charge in [-0.2, -0.15) is 5.10 Å². The lowest BCUT2D eigenvalue weighted by molar-refractivity contribution is -0.122. The molecule has 0 aromatic carbocycles. The van der Waals surface area contributed by atoms with Gasteiger partial charge in [0.05, 0.1) is 6.04 Å². The molecule has 0 saturated heterocycles. The molecule has 1 heterocycles. The Hall–Kier alpha value is -1.43. The molecule has 0 aliphatic rings. The standard InChI is InChI=1S/C8H14N4O2/c1-6(8-9-5-10-12-8)11-7(14)3-2-4-13/h5-6,13H,2-4H2,1H3,(H,11,14)(H,9,10,12). The lowest BCUT2D eigenvalue weighted by Gasteiger charge is -2.10. The summed E-state index contributed by atoms with van der Waals surface area (Å²) in [7, 11) is 0. The van der Waals surface area contributed by atoms with Crippen molar-refractivity contribution in [1.82, 2.24) is 20.5 Å². The molecule has 0 aliphatic heterocycles. The molecule has 1 unspecified atom stereocenters. The quantitative estimate of drug-likeness (QED) is 0.608. The molecule has 3 N–H and O–H groups in total. The first-order valence-corrected chi connectivity index (χ1v) is 4.49. The summed E-state index contributed by atoms with van der Waals surface area (Å²) >= 11 is 0. The van der Waals surface area contributed by atoms with E-state index in [9.17, 15) is 4.79 Å². The monoisotopic (exact) mass is 198 g/mol. The minimum absolute atomic E-state index is 0.0319. The molecule has 1 aromatic rings. The Labute approximate surface area is 81.7 Å². The molecule has 14 heavy (non-hydrogen) atoms. The number of aromatic amines is 1. The average Bonchev–Trinajstić information content (AvgIpc) is 2.67. The predicted octanol–water partition coefficient (Wildman–Crippen LogP) is -0.246. The zero-order chi connectivity index (χ0) is 10.4. The van der Waals surface area contributed by atoms with Gasteiger partial charge in [-0.3, -0.25) is 9.89 Å². The Morgan fingerprint density at radius 3 is 3.14 bits per heavy atom. The van der Waals surface area contributed by atoms with Gasteiger partial charge in [-0.1, -0.05) is 0 Å². The van der Waals surface area contributed by atoms with E-state index in [1.807, 2.05) is 6.92 Å². The van der Waals surface area contributed by atoms with E-state index in [0.717, 1.165) is 0 Å². The van der Waals surface area contributed by atoms with Crippen molar-refractivity contribution >= 4 is 5.91 Å². The predicted molar refractivity (Wildman–Crippen MR) is 49.3 cm³/mol. The van der Waals surface area contributed by atoms with Crippen LogP contribution in [-0.2, 0) is 4.79 Å². The maximum atomic E-state index is 11.2. The van der Waals surface area contributed by atoms with Gasteiger partial charge < -0.3 is 10.4 Å². The molecule has 0 radical (unpaired) electrons. The SMILES string of the molecule is CC(NC(=O)CCCO)c1ncn[nH]1. The molecular weight excluding hydrogens is 184 g/mol. The zero-order valence-corrected chi connectivity index (χ0v) is 8.03. The number of hydrogen-bond acceptors (Lipinski definition) is 4. The second kappa shape index (κ2) is 5.33. The Kier molecular flexibility index (Phi) is 4.06. The number of carbonyl (C=O) groups excluding carboxylic acids is 1. The van der Waals surface area contributed by atoms with Gasteiger partial charge in [0.25, 0.3) is 0 Å².